The van der Waals surface area contributed by atoms with Gasteiger partial charge < -0.3 is 5.73 Å². The Hall–Kier alpha value is -0.340. The minimum absolute atomic E-state index is 0.585. The predicted octanol–water partition coefficient (Wildman–Crippen LogP) is 2.15. The van der Waals surface area contributed by atoms with Crippen LogP contribution in [-0.2, 0) is 0 Å². The molecule has 2 N–H and O–H groups in total. The molecule has 0 aromatic heterocycles. The van der Waals surface area contributed by atoms with Crippen molar-refractivity contribution in [1.82, 2.24) is 4.90 Å². The summed E-state index contributed by atoms with van der Waals surface area (Å²) in [7, 11) is 0. The Balaban J connectivity index is 2.54. The van der Waals surface area contributed by atoms with Crippen molar-refractivity contribution in [3.63, 3.8) is 0 Å². The molecule has 2 heteroatoms. The van der Waals surface area contributed by atoms with Crippen LogP contribution < -0.4 is 5.73 Å². The second-order valence-corrected chi connectivity index (χ2v) is 4.45. The van der Waals surface area contributed by atoms with E-state index in [0.29, 0.717) is 12.1 Å². The number of likely N-dealkylation sites (tertiary alicyclic amines) is 1. The maximum Gasteiger partial charge on any atom is 0.0224 e. The molecule has 1 fully saturated rings. The number of hydrogen-bond donors (Lipinski definition) is 1. The first-order valence-electron chi connectivity index (χ1n) is 5.81. The van der Waals surface area contributed by atoms with Gasteiger partial charge in [-0.1, -0.05) is 25.5 Å². The van der Waals surface area contributed by atoms with Gasteiger partial charge in [-0.05, 0) is 26.2 Å². The van der Waals surface area contributed by atoms with Crippen molar-refractivity contribution in [2.45, 2.75) is 51.6 Å². The Kier molecular flexibility index (Phi) is 4.63. The summed E-state index contributed by atoms with van der Waals surface area (Å²) in [6, 6.07) is 1.27. The molecule has 1 saturated heterocycles. The predicted molar refractivity (Wildman–Crippen MR) is 62.3 cm³/mol. The van der Waals surface area contributed by atoms with Crippen LogP contribution in [0.15, 0.2) is 12.2 Å². The lowest BCUT2D eigenvalue weighted by atomic mass is 9.95. The van der Waals surface area contributed by atoms with Gasteiger partial charge in [-0.15, -0.1) is 0 Å². The van der Waals surface area contributed by atoms with Gasteiger partial charge in [-0.25, -0.2) is 0 Å². The summed E-state index contributed by atoms with van der Waals surface area (Å²) in [6.45, 7) is 10.4. The fraction of sp³-hybridized carbons (Fsp3) is 0.833. The van der Waals surface area contributed by atoms with Gasteiger partial charge in [0.2, 0.25) is 0 Å². The molecule has 0 aliphatic carbocycles. The highest BCUT2D eigenvalue weighted by Gasteiger charge is 2.26. The SMILES string of the molecule is C=C(CC)CN1C(C)CCCC1CN. The molecule has 0 aromatic rings. The van der Waals surface area contributed by atoms with E-state index in [1.807, 2.05) is 0 Å². The molecule has 0 bridgehead atoms. The van der Waals surface area contributed by atoms with Crippen molar-refractivity contribution in [3.05, 3.63) is 12.2 Å². The zero-order valence-corrected chi connectivity index (χ0v) is 9.63. The molecule has 0 radical (unpaired) electrons. The molecule has 1 aliphatic heterocycles. The highest BCUT2D eigenvalue weighted by molar-refractivity contribution is 4.99. The van der Waals surface area contributed by atoms with Gasteiger partial charge in [0.1, 0.15) is 0 Å². The van der Waals surface area contributed by atoms with Crippen molar-refractivity contribution >= 4 is 0 Å². The number of hydrogen-bond acceptors (Lipinski definition) is 2. The van der Waals surface area contributed by atoms with E-state index in [0.717, 1.165) is 19.5 Å². The third kappa shape index (κ3) is 2.82. The largest absolute Gasteiger partial charge is 0.329 e. The first-order chi connectivity index (χ1) is 6.69. The van der Waals surface area contributed by atoms with Crippen LogP contribution in [0.25, 0.3) is 0 Å². The molecule has 0 aromatic carbocycles. The lowest BCUT2D eigenvalue weighted by Gasteiger charge is -2.40. The fourth-order valence-electron chi connectivity index (χ4n) is 2.25. The minimum atomic E-state index is 0.585. The van der Waals surface area contributed by atoms with Crippen LogP contribution in [-0.4, -0.2) is 30.1 Å². The maximum atomic E-state index is 5.80. The topological polar surface area (TPSA) is 29.3 Å². The van der Waals surface area contributed by atoms with Crippen LogP contribution >= 0.6 is 0 Å². The molecule has 82 valence electrons. The molecule has 0 amide bonds. The van der Waals surface area contributed by atoms with Gasteiger partial charge in [0.05, 0.1) is 0 Å². The number of nitrogens with two attached hydrogens (primary N) is 1. The second kappa shape index (κ2) is 5.52. The quantitative estimate of drug-likeness (QED) is 0.698. The normalized spacial score (nSPS) is 29.1. The average molecular weight is 196 g/mol. The smallest absolute Gasteiger partial charge is 0.0224 e. The van der Waals surface area contributed by atoms with E-state index in [-0.39, 0.29) is 0 Å². The fourth-order valence-corrected chi connectivity index (χ4v) is 2.25. The van der Waals surface area contributed by atoms with E-state index in [1.165, 1.54) is 24.8 Å². The summed E-state index contributed by atoms with van der Waals surface area (Å²) in [4.78, 5) is 2.54. The summed E-state index contributed by atoms with van der Waals surface area (Å²) >= 11 is 0. The molecule has 1 rings (SSSR count). The van der Waals surface area contributed by atoms with Gasteiger partial charge in [0, 0.05) is 25.2 Å². The van der Waals surface area contributed by atoms with Crippen molar-refractivity contribution in [1.29, 1.82) is 0 Å². The first-order valence-corrected chi connectivity index (χ1v) is 5.81. The molecule has 0 spiro atoms. The average Bonchev–Trinajstić information content (AvgIpc) is 2.20. The molecule has 2 atom stereocenters. The third-order valence-electron chi connectivity index (χ3n) is 3.37. The molecule has 1 heterocycles. The lowest BCUT2D eigenvalue weighted by molar-refractivity contribution is 0.108. The van der Waals surface area contributed by atoms with Gasteiger partial charge >= 0.3 is 0 Å². The molecule has 1 aliphatic rings. The summed E-state index contributed by atoms with van der Waals surface area (Å²) in [5.74, 6) is 0. The number of piperidine rings is 1. The third-order valence-corrected chi connectivity index (χ3v) is 3.37. The monoisotopic (exact) mass is 196 g/mol. The zero-order valence-electron chi connectivity index (χ0n) is 9.63. The second-order valence-electron chi connectivity index (χ2n) is 4.45. The van der Waals surface area contributed by atoms with Crippen LogP contribution in [0.1, 0.15) is 39.5 Å². The first kappa shape index (κ1) is 11.7. The highest BCUT2D eigenvalue weighted by atomic mass is 15.2. The summed E-state index contributed by atoms with van der Waals surface area (Å²) in [5, 5.41) is 0. The molecular weight excluding hydrogens is 172 g/mol. The summed E-state index contributed by atoms with van der Waals surface area (Å²) < 4.78 is 0. The van der Waals surface area contributed by atoms with Crippen LogP contribution in [0.5, 0.6) is 0 Å². The molecule has 2 unspecified atom stereocenters. The Morgan fingerprint density at radius 3 is 2.79 bits per heavy atom. The maximum absolute atomic E-state index is 5.80. The van der Waals surface area contributed by atoms with Crippen LogP contribution in [0, 0.1) is 0 Å². The van der Waals surface area contributed by atoms with Crippen molar-refractivity contribution in [3.8, 4) is 0 Å². The Labute approximate surface area is 88.2 Å². The van der Waals surface area contributed by atoms with Crippen LogP contribution in [0.3, 0.4) is 0 Å². The molecule has 14 heavy (non-hydrogen) atoms. The van der Waals surface area contributed by atoms with Gasteiger partial charge in [0.25, 0.3) is 0 Å². The highest BCUT2D eigenvalue weighted by Crippen LogP contribution is 2.23. The molecular formula is C12H24N2. The van der Waals surface area contributed by atoms with Crippen LogP contribution in [0.2, 0.25) is 0 Å². The standard InChI is InChI=1S/C12H24N2/c1-4-10(2)9-14-11(3)6-5-7-12(14)8-13/h11-12H,2,4-9,13H2,1,3H3. The molecule has 0 saturated carbocycles. The summed E-state index contributed by atoms with van der Waals surface area (Å²) in [5.41, 5.74) is 7.13. The zero-order chi connectivity index (χ0) is 10.6. The Morgan fingerprint density at radius 1 is 1.50 bits per heavy atom. The Bertz CT molecular complexity index is 189. The minimum Gasteiger partial charge on any atom is -0.329 e. The van der Waals surface area contributed by atoms with Gasteiger partial charge in [0.15, 0.2) is 0 Å². The lowest BCUT2D eigenvalue weighted by Crippen LogP contribution is -2.49. The van der Waals surface area contributed by atoms with E-state index in [2.05, 4.69) is 25.3 Å². The van der Waals surface area contributed by atoms with E-state index in [9.17, 15) is 0 Å². The Morgan fingerprint density at radius 2 is 2.21 bits per heavy atom. The van der Waals surface area contributed by atoms with E-state index in [4.69, 9.17) is 5.73 Å². The van der Waals surface area contributed by atoms with Gasteiger partial charge in [-0.2, -0.15) is 0 Å². The molecule has 2 nitrogen and oxygen atoms in total. The van der Waals surface area contributed by atoms with Crippen molar-refractivity contribution < 1.29 is 0 Å². The van der Waals surface area contributed by atoms with Crippen LogP contribution in [0.4, 0.5) is 0 Å². The van der Waals surface area contributed by atoms with Gasteiger partial charge in [-0.3, -0.25) is 4.90 Å². The van der Waals surface area contributed by atoms with Crippen molar-refractivity contribution in [2.75, 3.05) is 13.1 Å². The van der Waals surface area contributed by atoms with E-state index >= 15 is 0 Å². The summed E-state index contributed by atoms with van der Waals surface area (Å²) in [6.07, 6.45) is 4.99. The number of rotatable bonds is 4. The number of nitrogens with zero attached hydrogens (tertiary/aromatic N) is 1. The van der Waals surface area contributed by atoms with E-state index in [1.54, 1.807) is 0 Å². The van der Waals surface area contributed by atoms with Crippen molar-refractivity contribution in [2.24, 2.45) is 5.73 Å². The van der Waals surface area contributed by atoms with E-state index < -0.39 is 0 Å².